The number of nitrogens with zero attached hydrogens (tertiary/aromatic N) is 4. The molecule has 4 rings (SSSR count). The molecule has 0 atom stereocenters. The second kappa shape index (κ2) is 7.80. The zero-order valence-corrected chi connectivity index (χ0v) is 16.1. The van der Waals surface area contributed by atoms with Gasteiger partial charge in [0.2, 0.25) is 11.8 Å². The second-order valence-electron chi connectivity index (χ2n) is 6.96. The molecular weight excluding hydrogens is 354 g/mol. The van der Waals surface area contributed by atoms with Gasteiger partial charge in [0.15, 0.2) is 0 Å². The van der Waals surface area contributed by atoms with Crippen molar-refractivity contribution >= 4 is 22.6 Å². The highest BCUT2D eigenvalue weighted by molar-refractivity contribution is 5.94. The molecule has 28 heavy (non-hydrogen) atoms. The number of hydrogen-bond donors (Lipinski definition) is 1. The van der Waals surface area contributed by atoms with Crippen LogP contribution in [0.2, 0.25) is 0 Å². The van der Waals surface area contributed by atoms with Gasteiger partial charge in [0.1, 0.15) is 0 Å². The standard InChI is InChI=1S/C21H23N5O2/c1-14(27)26-9-4-16(5-10-26)25-17-12-18(15-3-6-23-20(11-15)28-2)21-19(13-17)22-7-8-24-21/h3,6-8,11-13,16,25H,4-5,9-10H2,1-2H3. The fraction of sp³-hybridized carbons (Fsp3) is 0.333. The Labute approximate surface area is 163 Å². The van der Waals surface area contributed by atoms with Crippen LogP contribution < -0.4 is 10.1 Å². The van der Waals surface area contributed by atoms with Crippen molar-refractivity contribution < 1.29 is 9.53 Å². The van der Waals surface area contributed by atoms with Crippen LogP contribution in [0.25, 0.3) is 22.2 Å². The van der Waals surface area contributed by atoms with E-state index in [-0.39, 0.29) is 5.91 Å². The van der Waals surface area contributed by atoms with Crippen molar-refractivity contribution in [3.63, 3.8) is 0 Å². The van der Waals surface area contributed by atoms with Gasteiger partial charge in [-0.1, -0.05) is 0 Å². The Hall–Kier alpha value is -3.22. The van der Waals surface area contributed by atoms with E-state index in [4.69, 9.17) is 4.74 Å². The number of nitrogens with one attached hydrogen (secondary N) is 1. The fourth-order valence-electron chi connectivity index (χ4n) is 3.64. The molecule has 1 aliphatic heterocycles. The number of anilines is 1. The number of methoxy groups -OCH3 is 1. The van der Waals surface area contributed by atoms with Crippen molar-refractivity contribution in [2.75, 3.05) is 25.5 Å². The maximum absolute atomic E-state index is 11.5. The third kappa shape index (κ3) is 3.74. The molecule has 2 aromatic heterocycles. The number of benzene rings is 1. The molecular formula is C21H23N5O2. The Balaban J connectivity index is 1.66. The molecule has 0 bridgehead atoms. The van der Waals surface area contributed by atoms with Crippen LogP contribution in [-0.4, -0.2) is 52.0 Å². The predicted octanol–water partition coefficient (Wildman–Crippen LogP) is 3.12. The Morgan fingerprint density at radius 1 is 1.11 bits per heavy atom. The van der Waals surface area contributed by atoms with Gasteiger partial charge in [-0.2, -0.15) is 0 Å². The molecule has 1 saturated heterocycles. The van der Waals surface area contributed by atoms with Crippen molar-refractivity contribution in [3.8, 4) is 17.0 Å². The summed E-state index contributed by atoms with van der Waals surface area (Å²) >= 11 is 0. The number of piperidine rings is 1. The summed E-state index contributed by atoms with van der Waals surface area (Å²) in [7, 11) is 1.61. The summed E-state index contributed by atoms with van der Waals surface area (Å²) in [6, 6.07) is 8.30. The van der Waals surface area contributed by atoms with Crippen LogP contribution in [0, 0.1) is 0 Å². The smallest absolute Gasteiger partial charge is 0.219 e. The summed E-state index contributed by atoms with van der Waals surface area (Å²) in [5.74, 6) is 0.706. The summed E-state index contributed by atoms with van der Waals surface area (Å²) in [4.78, 5) is 26.7. The average Bonchev–Trinajstić information content (AvgIpc) is 2.73. The summed E-state index contributed by atoms with van der Waals surface area (Å²) in [6.07, 6.45) is 6.99. The highest BCUT2D eigenvalue weighted by Crippen LogP contribution is 2.32. The number of fused-ring (bicyclic) bond motifs is 1. The van der Waals surface area contributed by atoms with Crippen LogP contribution in [-0.2, 0) is 4.79 Å². The monoisotopic (exact) mass is 377 g/mol. The Morgan fingerprint density at radius 3 is 2.64 bits per heavy atom. The van der Waals surface area contributed by atoms with Gasteiger partial charge in [-0.05, 0) is 36.6 Å². The minimum atomic E-state index is 0.147. The van der Waals surface area contributed by atoms with E-state index in [1.807, 2.05) is 23.1 Å². The Bertz CT molecular complexity index is 999. The first-order chi connectivity index (χ1) is 13.6. The maximum atomic E-state index is 11.5. The van der Waals surface area contributed by atoms with Crippen molar-refractivity contribution in [2.24, 2.45) is 0 Å². The summed E-state index contributed by atoms with van der Waals surface area (Å²) in [5, 5.41) is 3.62. The topological polar surface area (TPSA) is 80.2 Å². The SMILES string of the molecule is COc1cc(-c2cc(NC3CCN(C(C)=O)CC3)cc3nccnc23)ccn1. The summed E-state index contributed by atoms with van der Waals surface area (Å²) < 4.78 is 5.27. The Morgan fingerprint density at radius 2 is 1.89 bits per heavy atom. The van der Waals surface area contributed by atoms with E-state index >= 15 is 0 Å². The van der Waals surface area contributed by atoms with Gasteiger partial charge in [0, 0.05) is 62.0 Å². The number of amides is 1. The molecule has 0 radical (unpaired) electrons. The molecule has 144 valence electrons. The minimum absolute atomic E-state index is 0.147. The second-order valence-corrected chi connectivity index (χ2v) is 6.96. The van der Waals surface area contributed by atoms with Gasteiger partial charge in [0.05, 0.1) is 18.1 Å². The predicted molar refractivity (Wildman–Crippen MR) is 108 cm³/mol. The molecule has 3 heterocycles. The number of rotatable bonds is 4. The third-order valence-corrected chi connectivity index (χ3v) is 5.14. The first-order valence-corrected chi connectivity index (χ1v) is 9.41. The number of aromatic nitrogens is 3. The van der Waals surface area contributed by atoms with Crippen LogP contribution in [0.1, 0.15) is 19.8 Å². The molecule has 7 heteroatoms. The molecule has 1 amide bonds. The molecule has 1 fully saturated rings. The molecule has 0 aliphatic carbocycles. The molecule has 0 spiro atoms. The molecule has 7 nitrogen and oxygen atoms in total. The van der Waals surface area contributed by atoms with E-state index in [0.717, 1.165) is 53.8 Å². The lowest BCUT2D eigenvalue weighted by Gasteiger charge is -2.32. The van der Waals surface area contributed by atoms with Crippen molar-refractivity contribution in [1.82, 2.24) is 19.9 Å². The average molecular weight is 377 g/mol. The first kappa shape index (κ1) is 18.2. The first-order valence-electron chi connectivity index (χ1n) is 9.41. The van der Waals surface area contributed by atoms with Crippen LogP contribution in [0.5, 0.6) is 5.88 Å². The van der Waals surface area contributed by atoms with Gasteiger partial charge < -0.3 is 15.0 Å². The highest BCUT2D eigenvalue weighted by atomic mass is 16.5. The van der Waals surface area contributed by atoms with E-state index in [1.54, 1.807) is 32.6 Å². The number of ether oxygens (including phenoxy) is 1. The van der Waals surface area contributed by atoms with E-state index in [9.17, 15) is 4.79 Å². The number of pyridine rings is 1. The Kier molecular flexibility index (Phi) is 5.06. The van der Waals surface area contributed by atoms with Gasteiger partial charge in [-0.15, -0.1) is 0 Å². The van der Waals surface area contributed by atoms with Gasteiger partial charge in [-0.3, -0.25) is 14.8 Å². The fourth-order valence-corrected chi connectivity index (χ4v) is 3.64. The maximum Gasteiger partial charge on any atom is 0.219 e. The van der Waals surface area contributed by atoms with Crippen LogP contribution >= 0.6 is 0 Å². The summed E-state index contributed by atoms with van der Waals surface area (Å²) in [5.41, 5.74) is 4.63. The molecule has 0 unspecified atom stereocenters. The number of carbonyl (C=O) groups excluding carboxylic acids is 1. The van der Waals surface area contributed by atoms with Gasteiger partial charge >= 0.3 is 0 Å². The summed E-state index contributed by atoms with van der Waals surface area (Å²) in [6.45, 7) is 3.20. The van der Waals surface area contributed by atoms with Crippen LogP contribution in [0.15, 0.2) is 42.9 Å². The lowest BCUT2D eigenvalue weighted by atomic mass is 10.0. The lowest BCUT2D eigenvalue weighted by Crippen LogP contribution is -2.41. The minimum Gasteiger partial charge on any atom is -0.481 e. The molecule has 1 aromatic carbocycles. The lowest BCUT2D eigenvalue weighted by molar-refractivity contribution is -0.129. The van der Waals surface area contributed by atoms with Crippen LogP contribution in [0.4, 0.5) is 5.69 Å². The number of likely N-dealkylation sites (tertiary alicyclic amines) is 1. The van der Waals surface area contributed by atoms with Gasteiger partial charge in [0.25, 0.3) is 0 Å². The third-order valence-electron chi connectivity index (χ3n) is 5.14. The van der Waals surface area contributed by atoms with Gasteiger partial charge in [-0.25, -0.2) is 4.98 Å². The van der Waals surface area contributed by atoms with Crippen molar-refractivity contribution in [1.29, 1.82) is 0 Å². The van der Waals surface area contributed by atoms with Crippen molar-refractivity contribution in [3.05, 3.63) is 42.9 Å². The quantitative estimate of drug-likeness (QED) is 0.752. The molecule has 1 N–H and O–H groups in total. The van der Waals surface area contributed by atoms with Crippen molar-refractivity contribution in [2.45, 2.75) is 25.8 Å². The number of carbonyl (C=O) groups is 1. The molecule has 0 saturated carbocycles. The highest BCUT2D eigenvalue weighted by Gasteiger charge is 2.21. The van der Waals surface area contributed by atoms with E-state index in [0.29, 0.717) is 11.9 Å². The molecule has 3 aromatic rings. The normalized spacial score (nSPS) is 14.9. The molecule has 1 aliphatic rings. The largest absolute Gasteiger partial charge is 0.481 e. The van der Waals surface area contributed by atoms with E-state index in [1.165, 1.54) is 0 Å². The van der Waals surface area contributed by atoms with Crippen LogP contribution in [0.3, 0.4) is 0 Å². The van der Waals surface area contributed by atoms with E-state index < -0.39 is 0 Å². The van der Waals surface area contributed by atoms with E-state index in [2.05, 4.69) is 26.3 Å². The zero-order chi connectivity index (χ0) is 19.5. The number of hydrogen-bond acceptors (Lipinski definition) is 6. The zero-order valence-electron chi connectivity index (χ0n) is 16.1.